The van der Waals surface area contributed by atoms with Crippen LogP contribution in [0.1, 0.15) is 55.7 Å². The predicted octanol–water partition coefficient (Wildman–Crippen LogP) is 6.96. The summed E-state index contributed by atoms with van der Waals surface area (Å²) in [6.45, 7) is 0.819. The molecule has 2 nitrogen and oxygen atoms in total. The first-order chi connectivity index (χ1) is 14.5. The summed E-state index contributed by atoms with van der Waals surface area (Å²) in [7, 11) is 0. The molecule has 0 bridgehead atoms. The van der Waals surface area contributed by atoms with Gasteiger partial charge in [0.1, 0.15) is 17.6 Å². The molecule has 1 aliphatic carbocycles. The molecule has 0 N–H and O–H groups in total. The maximum atomic E-state index is 13.5. The lowest BCUT2D eigenvalue weighted by molar-refractivity contribution is -0.137. The summed E-state index contributed by atoms with van der Waals surface area (Å²) in [6.07, 6.45) is -0.990. The zero-order valence-electron chi connectivity index (χ0n) is 17.2. The van der Waals surface area contributed by atoms with Crippen molar-refractivity contribution in [1.82, 2.24) is 0 Å². The van der Waals surface area contributed by atoms with Crippen LogP contribution in [0.2, 0.25) is 0 Å². The number of carbonyl (C=O) groups excluding carboxylic acids is 1. The quantitative estimate of drug-likeness (QED) is 0.435. The highest BCUT2D eigenvalue weighted by Crippen LogP contribution is 2.34. The second-order valence-corrected chi connectivity index (χ2v) is 8.23. The molecule has 0 aliphatic heterocycles. The maximum Gasteiger partial charge on any atom is 0.416 e. The number of rotatable bonds is 7. The molecule has 1 fully saturated rings. The van der Waals surface area contributed by atoms with Crippen LogP contribution in [0.5, 0.6) is 5.75 Å². The molecule has 7 heteroatoms. The zero-order chi connectivity index (χ0) is 22.6. The topological polar surface area (TPSA) is 26.3 Å². The Bertz CT molecular complexity index is 884. The molecule has 0 spiro atoms. The lowest BCUT2D eigenvalue weighted by Gasteiger charge is -2.31. The Morgan fingerprint density at radius 2 is 1.65 bits per heavy atom. The van der Waals surface area contributed by atoms with Crippen molar-refractivity contribution in [2.45, 2.75) is 63.7 Å². The first-order valence-electron chi connectivity index (χ1n) is 10.4. The van der Waals surface area contributed by atoms with Gasteiger partial charge in [-0.2, -0.15) is 13.2 Å². The summed E-state index contributed by atoms with van der Waals surface area (Å²) in [5, 5.41) is 0. The molecule has 0 aromatic heterocycles. The van der Waals surface area contributed by atoms with Crippen molar-refractivity contribution in [2.75, 3.05) is 0 Å². The van der Waals surface area contributed by atoms with Gasteiger partial charge in [0.25, 0.3) is 5.92 Å². The van der Waals surface area contributed by atoms with Gasteiger partial charge in [-0.3, -0.25) is 4.79 Å². The smallest absolute Gasteiger partial charge is 0.416 e. The predicted molar refractivity (Wildman–Crippen MR) is 107 cm³/mol. The number of ketones is 1. The van der Waals surface area contributed by atoms with E-state index in [4.69, 9.17) is 4.74 Å². The fourth-order valence-corrected chi connectivity index (χ4v) is 4.01. The average Bonchev–Trinajstić information content (AvgIpc) is 2.69. The molecule has 0 saturated heterocycles. The number of Topliss-reactive ketones (excluding diaryl/α,β-unsaturated/α-hetero) is 1. The van der Waals surface area contributed by atoms with E-state index in [0.29, 0.717) is 11.3 Å². The summed E-state index contributed by atoms with van der Waals surface area (Å²) in [5.41, 5.74) is -0.325. The van der Waals surface area contributed by atoms with E-state index in [9.17, 15) is 26.7 Å². The Kier molecular flexibility index (Phi) is 7.02. The average molecular weight is 440 g/mol. The summed E-state index contributed by atoms with van der Waals surface area (Å²) in [4.78, 5) is 12.6. The first kappa shape index (κ1) is 23.2. The Labute approximate surface area is 178 Å². The number of benzene rings is 2. The van der Waals surface area contributed by atoms with Gasteiger partial charge in [-0.05, 0) is 55.2 Å². The van der Waals surface area contributed by atoms with Crippen molar-refractivity contribution < 1.29 is 31.5 Å². The molecule has 0 amide bonds. The van der Waals surface area contributed by atoms with E-state index in [1.807, 2.05) is 0 Å². The molecule has 2 atom stereocenters. The number of carbonyl (C=O) groups is 1. The number of ether oxygens (including phenoxy) is 1. The van der Waals surface area contributed by atoms with Gasteiger partial charge < -0.3 is 4.74 Å². The highest BCUT2D eigenvalue weighted by molar-refractivity contribution is 5.81. The third kappa shape index (κ3) is 6.52. The van der Waals surface area contributed by atoms with Gasteiger partial charge in [0.05, 0.1) is 5.56 Å². The van der Waals surface area contributed by atoms with E-state index in [1.54, 1.807) is 6.07 Å². The molecular formula is C24H25F5O2. The maximum absolute atomic E-state index is 13.5. The normalized spacial score (nSPS) is 19.8. The summed E-state index contributed by atoms with van der Waals surface area (Å²) >= 11 is 0. The van der Waals surface area contributed by atoms with Crippen LogP contribution in [0.15, 0.2) is 48.5 Å². The van der Waals surface area contributed by atoms with Crippen LogP contribution < -0.4 is 4.74 Å². The molecule has 2 aromatic carbocycles. The fourth-order valence-electron chi connectivity index (χ4n) is 4.01. The zero-order valence-corrected chi connectivity index (χ0v) is 17.2. The third-order valence-electron chi connectivity index (χ3n) is 5.63. The van der Waals surface area contributed by atoms with E-state index >= 15 is 0 Å². The number of hydrogen-bond donors (Lipinski definition) is 0. The summed E-state index contributed by atoms with van der Waals surface area (Å²) in [6, 6.07) is 10.4. The third-order valence-corrected chi connectivity index (χ3v) is 5.63. The molecule has 0 radical (unpaired) electrons. The van der Waals surface area contributed by atoms with Gasteiger partial charge in [0.2, 0.25) is 0 Å². The number of alkyl halides is 5. The SMILES string of the molecule is CC(F)(F)c1cccc(CC(=O)CC2CCCCC2Oc2ccc(C(F)(F)F)cc2)c1. The molecule has 2 aromatic rings. The van der Waals surface area contributed by atoms with Gasteiger partial charge in [0.15, 0.2) is 0 Å². The molecule has 0 heterocycles. The van der Waals surface area contributed by atoms with Crippen LogP contribution in [-0.4, -0.2) is 11.9 Å². The van der Waals surface area contributed by atoms with E-state index < -0.39 is 17.7 Å². The van der Waals surface area contributed by atoms with Crippen molar-refractivity contribution in [3.05, 3.63) is 65.2 Å². The first-order valence-corrected chi connectivity index (χ1v) is 10.4. The van der Waals surface area contributed by atoms with Crippen LogP contribution in [0.25, 0.3) is 0 Å². The van der Waals surface area contributed by atoms with Crippen molar-refractivity contribution in [2.24, 2.45) is 5.92 Å². The second kappa shape index (κ2) is 9.37. The fraction of sp³-hybridized carbons (Fsp3) is 0.458. The Morgan fingerprint density at radius 3 is 2.29 bits per heavy atom. The molecule has 1 saturated carbocycles. The largest absolute Gasteiger partial charge is 0.490 e. The van der Waals surface area contributed by atoms with E-state index in [2.05, 4.69) is 0 Å². The van der Waals surface area contributed by atoms with Crippen LogP contribution in [0.4, 0.5) is 22.0 Å². The van der Waals surface area contributed by atoms with Crippen molar-refractivity contribution in [3.63, 3.8) is 0 Å². The van der Waals surface area contributed by atoms with Gasteiger partial charge in [-0.1, -0.05) is 24.6 Å². The lowest BCUT2D eigenvalue weighted by atomic mass is 9.82. The van der Waals surface area contributed by atoms with Gasteiger partial charge >= 0.3 is 6.18 Å². The molecular weight excluding hydrogens is 415 g/mol. The highest BCUT2D eigenvalue weighted by atomic mass is 19.4. The Balaban J connectivity index is 1.62. The van der Waals surface area contributed by atoms with Gasteiger partial charge in [0, 0.05) is 31.2 Å². The van der Waals surface area contributed by atoms with E-state index in [1.165, 1.54) is 30.3 Å². The Morgan fingerprint density at radius 1 is 0.968 bits per heavy atom. The minimum Gasteiger partial charge on any atom is -0.490 e. The molecule has 3 rings (SSSR count). The summed E-state index contributed by atoms with van der Waals surface area (Å²) < 4.78 is 71.2. The van der Waals surface area contributed by atoms with Crippen LogP contribution in [-0.2, 0) is 23.3 Å². The van der Waals surface area contributed by atoms with Crippen LogP contribution in [0.3, 0.4) is 0 Å². The molecule has 168 valence electrons. The van der Waals surface area contributed by atoms with E-state index in [-0.39, 0.29) is 36.2 Å². The van der Waals surface area contributed by atoms with Crippen LogP contribution >= 0.6 is 0 Å². The molecule has 1 aliphatic rings. The molecule has 2 unspecified atom stereocenters. The van der Waals surface area contributed by atoms with Crippen LogP contribution in [0, 0.1) is 5.92 Å². The van der Waals surface area contributed by atoms with Gasteiger partial charge in [-0.15, -0.1) is 0 Å². The van der Waals surface area contributed by atoms with Crippen molar-refractivity contribution in [3.8, 4) is 5.75 Å². The lowest BCUT2D eigenvalue weighted by Crippen LogP contribution is -2.32. The summed E-state index contributed by atoms with van der Waals surface area (Å²) in [5.74, 6) is -2.75. The Hall–Kier alpha value is -2.44. The highest BCUT2D eigenvalue weighted by Gasteiger charge is 2.31. The van der Waals surface area contributed by atoms with E-state index in [0.717, 1.165) is 44.7 Å². The van der Waals surface area contributed by atoms with Crippen molar-refractivity contribution >= 4 is 5.78 Å². The minimum absolute atomic E-state index is 0.0562. The van der Waals surface area contributed by atoms with Crippen molar-refractivity contribution in [1.29, 1.82) is 0 Å². The standard InChI is InChI=1S/C24H25F5O2/c1-23(25,26)19-7-4-5-16(13-19)14-20(30)15-17-6-2-3-8-22(17)31-21-11-9-18(10-12-21)24(27,28)29/h4-5,7,9-13,17,22H,2-3,6,8,14-15H2,1H3. The second-order valence-electron chi connectivity index (χ2n) is 8.23. The number of halogens is 5. The number of hydrogen-bond acceptors (Lipinski definition) is 2. The monoisotopic (exact) mass is 440 g/mol. The molecule has 31 heavy (non-hydrogen) atoms. The van der Waals surface area contributed by atoms with Gasteiger partial charge in [-0.25, -0.2) is 8.78 Å². The minimum atomic E-state index is -4.41.